The molecular weight excluding hydrogens is 436 g/mol. The number of hydrogen-bond donors (Lipinski definition) is 1. The van der Waals surface area contributed by atoms with E-state index in [0.29, 0.717) is 36.5 Å². The van der Waals surface area contributed by atoms with Crippen molar-refractivity contribution >= 4 is 40.1 Å². The largest absolute Gasteiger partial charge is 0.385 e. The molecule has 0 aromatic heterocycles. The summed E-state index contributed by atoms with van der Waals surface area (Å²) in [6, 6.07) is 12.9. The Kier molecular flexibility index (Phi) is 7.11. The van der Waals surface area contributed by atoms with Crippen molar-refractivity contribution in [1.29, 1.82) is 0 Å². The van der Waals surface area contributed by atoms with Crippen LogP contribution in [0.25, 0.3) is 0 Å². The molecular formula is C19H20BrClN2O4. The van der Waals surface area contributed by atoms with E-state index in [2.05, 4.69) is 0 Å². The number of carbonyl (C=O) groups excluding carboxylic acids is 1. The molecule has 27 heavy (non-hydrogen) atoms. The SMILES string of the molecule is Br.O=C(CN1CCC(O)(c2ccc(Cl)cc2)CC1)c1cccc([N+](=O)[O-])c1. The fraction of sp³-hybridized carbons (Fsp3) is 0.316. The summed E-state index contributed by atoms with van der Waals surface area (Å²) in [7, 11) is 0. The molecule has 1 saturated heterocycles. The average molecular weight is 456 g/mol. The van der Waals surface area contributed by atoms with E-state index in [1.165, 1.54) is 18.2 Å². The maximum absolute atomic E-state index is 12.4. The van der Waals surface area contributed by atoms with Crippen molar-refractivity contribution in [2.24, 2.45) is 0 Å². The van der Waals surface area contributed by atoms with Crippen LogP contribution in [-0.2, 0) is 5.60 Å². The van der Waals surface area contributed by atoms with Gasteiger partial charge in [0.1, 0.15) is 0 Å². The maximum Gasteiger partial charge on any atom is 0.270 e. The number of ketones is 1. The van der Waals surface area contributed by atoms with Crippen LogP contribution in [0.4, 0.5) is 5.69 Å². The van der Waals surface area contributed by atoms with E-state index in [1.807, 2.05) is 17.0 Å². The zero-order chi connectivity index (χ0) is 18.7. The van der Waals surface area contributed by atoms with Gasteiger partial charge in [0.15, 0.2) is 5.78 Å². The van der Waals surface area contributed by atoms with Crippen molar-refractivity contribution in [3.05, 3.63) is 74.8 Å². The normalized spacial score (nSPS) is 16.4. The van der Waals surface area contributed by atoms with Crippen LogP contribution in [0.2, 0.25) is 5.02 Å². The van der Waals surface area contributed by atoms with Crippen molar-refractivity contribution in [2.45, 2.75) is 18.4 Å². The van der Waals surface area contributed by atoms with Gasteiger partial charge >= 0.3 is 0 Å². The van der Waals surface area contributed by atoms with Crippen LogP contribution in [0, 0.1) is 10.1 Å². The molecule has 144 valence electrons. The number of benzene rings is 2. The van der Waals surface area contributed by atoms with Gasteiger partial charge < -0.3 is 5.11 Å². The molecule has 0 aliphatic carbocycles. The number of hydrogen-bond acceptors (Lipinski definition) is 5. The third-order valence-corrected chi connectivity index (χ3v) is 5.06. The highest BCUT2D eigenvalue weighted by Gasteiger charge is 2.34. The van der Waals surface area contributed by atoms with Gasteiger partial charge in [-0.15, -0.1) is 17.0 Å². The molecule has 0 bridgehead atoms. The van der Waals surface area contributed by atoms with Gasteiger partial charge in [-0.2, -0.15) is 0 Å². The van der Waals surface area contributed by atoms with Crippen LogP contribution in [0.3, 0.4) is 0 Å². The molecule has 0 atom stereocenters. The lowest BCUT2D eigenvalue weighted by molar-refractivity contribution is -0.384. The Hall–Kier alpha value is -1.80. The average Bonchev–Trinajstić information content (AvgIpc) is 2.64. The minimum absolute atomic E-state index is 0. The Morgan fingerprint density at radius 2 is 1.81 bits per heavy atom. The number of rotatable bonds is 5. The molecule has 0 saturated carbocycles. The first-order valence-electron chi connectivity index (χ1n) is 8.36. The molecule has 3 rings (SSSR count). The van der Waals surface area contributed by atoms with Crippen molar-refractivity contribution < 1.29 is 14.8 Å². The lowest BCUT2D eigenvalue weighted by Gasteiger charge is -2.38. The van der Waals surface area contributed by atoms with E-state index < -0.39 is 10.5 Å². The van der Waals surface area contributed by atoms with Gasteiger partial charge in [0.05, 0.1) is 17.1 Å². The van der Waals surface area contributed by atoms with Crippen molar-refractivity contribution in [3.63, 3.8) is 0 Å². The zero-order valence-electron chi connectivity index (χ0n) is 14.5. The smallest absolute Gasteiger partial charge is 0.270 e. The first-order valence-corrected chi connectivity index (χ1v) is 8.74. The van der Waals surface area contributed by atoms with Crippen LogP contribution < -0.4 is 0 Å². The van der Waals surface area contributed by atoms with Crippen LogP contribution in [0.15, 0.2) is 48.5 Å². The number of nitrogens with zero attached hydrogens (tertiary/aromatic N) is 2. The van der Waals surface area contributed by atoms with Gasteiger partial charge in [0.2, 0.25) is 0 Å². The molecule has 0 radical (unpaired) electrons. The van der Waals surface area contributed by atoms with Gasteiger partial charge in [0.25, 0.3) is 5.69 Å². The number of piperidine rings is 1. The summed E-state index contributed by atoms with van der Waals surface area (Å²) in [5.41, 5.74) is 0.145. The fourth-order valence-corrected chi connectivity index (χ4v) is 3.34. The van der Waals surface area contributed by atoms with E-state index in [0.717, 1.165) is 5.56 Å². The first-order chi connectivity index (χ1) is 12.4. The highest BCUT2D eigenvalue weighted by Crippen LogP contribution is 2.33. The topological polar surface area (TPSA) is 83.7 Å². The Morgan fingerprint density at radius 1 is 1.19 bits per heavy atom. The number of non-ortho nitro benzene ring substituents is 1. The molecule has 0 unspecified atom stereocenters. The minimum atomic E-state index is -0.921. The predicted octanol–water partition coefficient (Wildman–Crippen LogP) is 3.99. The van der Waals surface area contributed by atoms with Crippen LogP contribution in [0.5, 0.6) is 0 Å². The number of likely N-dealkylation sites (tertiary alicyclic amines) is 1. The molecule has 1 heterocycles. The quantitative estimate of drug-likeness (QED) is 0.419. The Balaban J connectivity index is 0.00000261. The van der Waals surface area contributed by atoms with Gasteiger partial charge in [-0.05, 0) is 30.5 Å². The number of aliphatic hydroxyl groups is 1. The van der Waals surface area contributed by atoms with E-state index in [4.69, 9.17) is 11.6 Å². The molecule has 6 nitrogen and oxygen atoms in total. The molecule has 2 aromatic carbocycles. The van der Waals surface area contributed by atoms with Crippen molar-refractivity contribution in [3.8, 4) is 0 Å². The van der Waals surface area contributed by atoms with Gasteiger partial charge in [0, 0.05) is 35.8 Å². The molecule has 1 aliphatic heterocycles. The predicted molar refractivity (Wildman–Crippen MR) is 109 cm³/mol. The van der Waals surface area contributed by atoms with Gasteiger partial charge in [-0.3, -0.25) is 19.8 Å². The number of Topliss-reactive ketones (excluding diaryl/α,β-unsaturated/α-hetero) is 1. The Bertz CT molecular complexity index is 821. The molecule has 8 heteroatoms. The summed E-state index contributed by atoms with van der Waals surface area (Å²) in [4.78, 5) is 24.7. The standard InChI is InChI=1S/C19H19ClN2O4.BrH/c20-16-6-4-15(5-7-16)19(24)8-10-21(11-9-19)13-18(23)14-2-1-3-17(12-14)22(25)26;/h1-7,12,24H,8-11,13H2;1H. The first kappa shape index (κ1) is 21.5. The summed E-state index contributed by atoms with van der Waals surface area (Å²) in [6.45, 7) is 1.32. The Labute approximate surface area is 172 Å². The van der Waals surface area contributed by atoms with Crippen LogP contribution in [0.1, 0.15) is 28.8 Å². The van der Waals surface area contributed by atoms with E-state index >= 15 is 0 Å². The van der Waals surface area contributed by atoms with Crippen molar-refractivity contribution in [1.82, 2.24) is 4.90 Å². The second-order valence-electron chi connectivity index (χ2n) is 6.55. The maximum atomic E-state index is 12.4. The van der Waals surface area contributed by atoms with E-state index in [1.54, 1.807) is 18.2 Å². The number of nitro benzene ring substituents is 1. The van der Waals surface area contributed by atoms with Crippen molar-refractivity contribution in [2.75, 3.05) is 19.6 Å². The lowest BCUT2D eigenvalue weighted by Crippen LogP contribution is -2.44. The second kappa shape index (κ2) is 8.93. The molecule has 0 spiro atoms. The number of halogens is 2. The minimum Gasteiger partial charge on any atom is -0.385 e. The third-order valence-electron chi connectivity index (χ3n) is 4.81. The summed E-state index contributed by atoms with van der Waals surface area (Å²) in [6.07, 6.45) is 1.02. The van der Waals surface area contributed by atoms with Gasteiger partial charge in [-0.25, -0.2) is 0 Å². The summed E-state index contributed by atoms with van der Waals surface area (Å²) in [5, 5.41) is 22.3. The summed E-state index contributed by atoms with van der Waals surface area (Å²) in [5.74, 6) is -0.161. The lowest BCUT2D eigenvalue weighted by atomic mass is 9.84. The molecule has 1 N–H and O–H groups in total. The zero-order valence-corrected chi connectivity index (χ0v) is 17.0. The summed E-state index contributed by atoms with van der Waals surface area (Å²) >= 11 is 5.90. The van der Waals surface area contributed by atoms with Gasteiger partial charge in [-0.1, -0.05) is 35.9 Å². The monoisotopic (exact) mass is 454 g/mol. The summed E-state index contributed by atoms with van der Waals surface area (Å²) < 4.78 is 0. The van der Waals surface area contributed by atoms with E-state index in [-0.39, 0.29) is 35.0 Å². The highest BCUT2D eigenvalue weighted by atomic mass is 79.9. The number of nitro groups is 1. The fourth-order valence-electron chi connectivity index (χ4n) is 3.22. The molecule has 2 aromatic rings. The van der Waals surface area contributed by atoms with Crippen LogP contribution >= 0.6 is 28.6 Å². The second-order valence-corrected chi connectivity index (χ2v) is 6.98. The van der Waals surface area contributed by atoms with E-state index in [9.17, 15) is 20.0 Å². The third kappa shape index (κ3) is 5.13. The number of carbonyl (C=O) groups is 1. The molecule has 1 aliphatic rings. The Morgan fingerprint density at radius 3 is 2.41 bits per heavy atom. The highest BCUT2D eigenvalue weighted by molar-refractivity contribution is 8.93. The molecule has 1 fully saturated rings. The van der Waals surface area contributed by atoms with Crippen LogP contribution in [-0.4, -0.2) is 40.3 Å². The molecule has 0 amide bonds.